The summed E-state index contributed by atoms with van der Waals surface area (Å²) in [6.07, 6.45) is 1.13. The first-order valence-electron chi connectivity index (χ1n) is 7.16. The highest BCUT2D eigenvalue weighted by Crippen LogP contribution is 2.24. The summed E-state index contributed by atoms with van der Waals surface area (Å²) in [6.45, 7) is 7.36. The van der Waals surface area contributed by atoms with E-state index in [4.69, 9.17) is 4.74 Å². The maximum absolute atomic E-state index is 12.0. The largest absolute Gasteiger partial charge is 0.480 e. The van der Waals surface area contributed by atoms with Crippen LogP contribution in [0.5, 0.6) is 5.75 Å². The van der Waals surface area contributed by atoms with Crippen LogP contribution in [0.4, 0.5) is 0 Å². The lowest BCUT2D eigenvalue weighted by Gasteiger charge is -2.20. The first kappa shape index (κ1) is 17.0. The van der Waals surface area contributed by atoms with Gasteiger partial charge in [0, 0.05) is 6.04 Å². The molecule has 0 heterocycles. The summed E-state index contributed by atoms with van der Waals surface area (Å²) in [4.78, 5) is 23.2. The lowest BCUT2D eigenvalue weighted by molar-refractivity contribution is -0.127. The monoisotopic (exact) mass is 293 g/mol. The molecule has 5 nitrogen and oxygen atoms in total. The molecule has 0 aliphatic carbocycles. The van der Waals surface area contributed by atoms with Crippen LogP contribution in [-0.2, 0) is 4.79 Å². The van der Waals surface area contributed by atoms with Gasteiger partial charge in [-0.05, 0) is 38.8 Å². The van der Waals surface area contributed by atoms with Crippen LogP contribution in [0.1, 0.15) is 49.5 Å². The SMILES string of the molecule is CCCC(C)NC(=O)C(C)Oc1c(C)cccc1C(=O)O. The minimum Gasteiger partial charge on any atom is -0.480 e. The van der Waals surface area contributed by atoms with Crippen LogP contribution < -0.4 is 10.1 Å². The number of ether oxygens (including phenoxy) is 1. The Morgan fingerprint density at radius 1 is 1.33 bits per heavy atom. The molecule has 2 unspecified atom stereocenters. The molecule has 116 valence electrons. The van der Waals surface area contributed by atoms with Crippen molar-refractivity contribution in [2.24, 2.45) is 0 Å². The summed E-state index contributed by atoms with van der Waals surface area (Å²) in [5.41, 5.74) is 0.757. The third kappa shape index (κ3) is 4.77. The van der Waals surface area contributed by atoms with Crippen molar-refractivity contribution in [1.82, 2.24) is 5.32 Å². The molecule has 0 saturated carbocycles. The molecule has 1 aromatic rings. The van der Waals surface area contributed by atoms with E-state index >= 15 is 0 Å². The zero-order chi connectivity index (χ0) is 16.0. The number of carboxylic acids is 1. The van der Waals surface area contributed by atoms with Gasteiger partial charge in [0.25, 0.3) is 5.91 Å². The lowest BCUT2D eigenvalue weighted by Crippen LogP contribution is -2.41. The van der Waals surface area contributed by atoms with E-state index in [9.17, 15) is 14.7 Å². The highest BCUT2D eigenvalue weighted by Gasteiger charge is 2.21. The van der Waals surface area contributed by atoms with Crippen LogP contribution in [0, 0.1) is 6.92 Å². The minimum atomic E-state index is -1.07. The number of carboxylic acid groups (broad SMARTS) is 1. The van der Waals surface area contributed by atoms with Crippen molar-refractivity contribution < 1.29 is 19.4 Å². The third-order valence-electron chi connectivity index (χ3n) is 3.22. The van der Waals surface area contributed by atoms with Gasteiger partial charge in [0.1, 0.15) is 11.3 Å². The van der Waals surface area contributed by atoms with Gasteiger partial charge >= 0.3 is 5.97 Å². The Morgan fingerprint density at radius 2 is 2.00 bits per heavy atom. The summed E-state index contributed by atoms with van der Waals surface area (Å²) < 4.78 is 5.59. The van der Waals surface area contributed by atoms with E-state index in [1.165, 1.54) is 6.07 Å². The van der Waals surface area contributed by atoms with Gasteiger partial charge in [0.15, 0.2) is 6.10 Å². The molecule has 0 bridgehead atoms. The summed E-state index contributed by atoms with van der Waals surface area (Å²) in [5.74, 6) is -1.06. The highest BCUT2D eigenvalue weighted by atomic mass is 16.5. The first-order chi connectivity index (χ1) is 9.86. The number of amides is 1. The number of hydrogen-bond acceptors (Lipinski definition) is 3. The number of aromatic carboxylic acids is 1. The lowest BCUT2D eigenvalue weighted by atomic mass is 10.1. The fourth-order valence-electron chi connectivity index (χ4n) is 2.07. The number of benzene rings is 1. The number of carbonyl (C=O) groups is 2. The molecule has 0 saturated heterocycles. The standard InChI is InChI=1S/C16H23NO4/c1-5-7-11(3)17-15(18)12(4)21-14-10(2)8-6-9-13(14)16(19)20/h6,8-9,11-12H,5,7H2,1-4H3,(H,17,18)(H,19,20). The molecule has 2 atom stereocenters. The zero-order valence-electron chi connectivity index (χ0n) is 13.0. The minimum absolute atomic E-state index is 0.0660. The second-order valence-corrected chi connectivity index (χ2v) is 5.22. The molecule has 1 amide bonds. The van der Waals surface area contributed by atoms with E-state index in [0.717, 1.165) is 12.8 Å². The second kappa shape index (κ2) is 7.67. The third-order valence-corrected chi connectivity index (χ3v) is 3.22. The Hall–Kier alpha value is -2.04. The van der Waals surface area contributed by atoms with Crippen LogP contribution in [0.25, 0.3) is 0 Å². The van der Waals surface area contributed by atoms with Crippen molar-refractivity contribution >= 4 is 11.9 Å². The molecule has 1 aromatic carbocycles. The number of aryl methyl sites for hydroxylation is 1. The van der Waals surface area contributed by atoms with Gasteiger partial charge in [-0.2, -0.15) is 0 Å². The molecule has 0 spiro atoms. The van der Waals surface area contributed by atoms with Crippen LogP contribution in [0.2, 0.25) is 0 Å². The van der Waals surface area contributed by atoms with Gasteiger partial charge in [-0.1, -0.05) is 25.5 Å². The normalized spacial score (nSPS) is 13.3. The van der Waals surface area contributed by atoms with Crippen LogP contribution >= 0.6 is 0 Å². The van der Waals surface area contributed by atoms with Gasteiger partial charge in [0.2, 0.25) is 0 Å². The van der Waals surface area contributed by atoms with E-state index in [-0.39, 0.29) is 23.3 Å². The fourth-order valence-corrected chi connectivity index (χ4v) is 2.07. The van der Waals surface area contributed by atoms with E-state index in [2.05, 4.69) is 12.2 Å². The fraction of sp³-hybridized carbons (Fsp3) is 0.500. The average Bonchev–Trinajstić information content (AvgIpc) is 2.40. The van der Waals surface area contributed by atoms with Gasteiger partial charge < -0.3 is 15.2 Å². The number of nitrogens with one attached hydrogen (secondary N) is 1. The predicted octanol–water partition coefficient (Wildman–Crippen LogP) is 2.77. The number of rotatable bonds is 7. The molecule has 2 N–H and O–H groups in total. The Labute approximate surface area is 125 Å². The van der Waals surface area contributed by atoms with Crippen LogP contribution in [0.15, 0.2) is 18.2 Å². The van der Waals surface area contributed by atoms with Crippen LogP contribution in [-0.4, -0.2) is 29.1 Å². The molecule has 0 aliphatic rings. The van der Waals surface area contributed by atoms with Crippen molar-refractivity contribution in [2.45, 2.75) is 52.7 Å². The zero-order valence-corrected chi connectivity index (χ0v) is 13.0. The topological polar surface area (TPSA) is 75.6 Å². The smallest absolute Gasteiger partial charge is 0.339 e. The van der Waals surface area contributed by atoms with Gasteiger partial charge in [0.05, 0.1) is 0 Å². The molecule has 5 heteroatoms. The number of hydrogen-bond donors (Lipinski definition) is 2. The molecule has 21 heavy (non-hydrogen) atoms. The van der Waals surface area contributed by atoms with E-state index in [1.54, 1.807) is 26.0 Å². The number of carbonyl (C=O) groups excluding carboxylic acids is 1. The van der Waals surface area contributed by atoms with Gasteiger partial charge in [-0.3, -0.25) is 4.79 Å². The van der Waals surface area contributed by atoms with Crippen molar-refractivity contribution in [2.75, 3.05) is 0 Å². The summed E-state index contributed by atoms with van der Waals surface area (Å²) in [6, 6.07) is 4.95. The van der Waals surface area contributed by atoms with E-state index in [0.29, 0.717) is 5.56 Å². The van der Waals surface area contributed by atoms with Crippen molar-refractivity contribution in [3.63, 3.8) is 0 Å². The maximum atomic E-state index is 12.0. The first-order valence-corrected chi connectivity index (χ1v) is 7.16. The second-order valence-electron chi connectivity index (χ2n) is 5.22. The van der Waals surface area contributed by atoms with Gasteiger partial charge in [-0.15, -0.1) is 0 Å². The van der Waals surface area contributed by atoms with Gasteiger partial charge in [-0.25, -0.2) is 4.79 Å². The van der Waals surface area contributed by atoms with Crippen LogP contribution in [0.3, 0.4) is 0 Å². The molecule has 0 aliphatic heterocycles. The Bertz CT molecular complexity index is 513. The Morgan fingerprint density at radius 3 is 2.57 bits per heavy atom. The van der Waals surface area contributed by atoms with Crippen molar-refractivity contribution in [1.29, 1.82) is 0 Å². The average molecular weight is 293 g/mol. The highest BCUT2D eigenvalue weighted by molar-refractivity contribution is 5.91. The quantitative estimate of drug-likeness (QED) is 0.810. The summed E-state index contributed by atoms with van der Waals surface area (Å²) in [7, 11) is 0. The summed E-state index contributed by atoms with van der Waals surface area (Å²) in [5, 5.41) is 12.0. The predicted molar refractivity (Wildman–Crippen MR) is 80.7 cm³/mol. The summed E-state index contributed by atoms with van der Waals surface area (Å²) >= 11 is 0. The molecular formula is C16H23NO4. The van der Waals surface area contributed by atoms with Crippen molar-refractivity contribution in [3.8, 4) is 5.75 Å². The number of para-hydroxylation sites is 1. The maximum Gasteiger partial charge on any atom is 0.339 e. The van der Waals surface area contributed by atoms with E-state index in [1.807, 2.05) is 6.92 Å². The Balaban J connectivity index is 2.81. The van der Waals surface area contributed by atoms with E-state index < -0.39 is 12.1 Å². The molecule has 0 aromatic heterocycles. The molecule has 1 rings (SSSR count). The Kier molecular flexibility index (Phi) is 6.21. The molecule has 0 fully saturated rings. The molecule has 0 radical (unpaired) electrons. The molecular weight excluding hydrogens is 270 g/mol. The van der Waals surface area contributed by atoms with Crippen molar-refractivity contribution in [3.05, 3.63) is 29.3 Å².